The third-order valence-electron chi connectivity index (χ3n) is 1.91. The monoisotopic (exact) mass is 276 g/mol. The lowest BCUT2D eigenvalue weighted by atomic mass is 10.4. The van der Waals surface area contributed by atoms with Crippen molar-refractivity contribution in [3.05, 3.63) is 0 Å². The van der Waals surface area contributed by atoms with E-state index in [1.807, 2.05) is 0 Å². The molecule has 0 saturated carbocycles. The summed E-state index contributed by atoms with van der Waals surface area (Å²) in [7, 11) is -3.44. The Morgan fingerprint density at radius 3 is 1.59 bits per heavy atom. The van der Waals surface area contributed by atoms with E-state index in [1.54, 1.807) is 20.8 Å². The van der Waals surface area contributed by atoms with Gasteiger partial charge in [0.25, 0.3) is 0 Å². The predicted octanol–water partition coefficient (Wildman–Crippen LogP) is 1.96. The number of aliphatic hydroxyl groups is 1. The summed E-state index contributed by atoms with van der Waals surface area (Å²) in [5, 5.41) is 9.07. The van der Waals surface area contributed by atoms with Crippen LogP contribution in [-0.2, 0) is 13.3 Å². The van der Waals surface area contributed by atoms with Crippen molar-refractivity contribution < 1.29 is 31.6 Å². The van der Waals surface area contributed by atoms with Gasteiger partial charge in [-0.2, -0.15) is 13.2 Å². The molecule has 0 aromatic rings. The smallest absolute Gasteiger partial charge is 0.384 e. The van der Waals surface area contributed by atoms with Gasteiger partial charge in [0.15, 0.2) is 6.10 Å². The van der Waals surface area contributed by atoms with E-state index >= 15 is 0 Å². The molecule has 1 unspecified atom stereocenters. The van der Waals surface area contributed by atoms with Crippen molar-refractivity contribution in [3.63, 3.8) is 0 Å². The largest absolute Gasteiger partial charge is 0.503 e. The first-order valence-corrected chi connectivity index (χ1v) is 7.41. The van der Waals surface area contributed by atoms with Gasteiger partial charge in [-0.25, -0.2) is 0 Å². The van der Waals surface area contributed by atoms with Gasteiger partial charge in [-0.1, -0.05) is 0 Å². The molecular weight excluding hydrogens is 257 g/mol. The van der Waals surface area contributed by atoms with Crippen LogP contribution in [0.1, 0.15) is 20.8 Å². The van der Waals surface area contributed by atoms with Gasteiger partial charge in [0.05, 0.1) is 6.04 Å². The quantitative estimate of drug-likeness (QED) is 0.688. The van der Waals surface area contributed by atoms with Gasteiger partial charge < -0.3 is 18.4 Å². The molecule has 0 rings (SSSR count). The first kappa shape index (κ1) is 16.8. The highest BCUT2D eigenvalue weighted by atomic mass is 28.4. The second-order valence-electron chi connectivity index (χ2n) is 3.24. The summed E-state index contributed by atoms with van der Waals surface area (Å²) < 4.78 is 52.5. The molecule has 104 valence electrons. The standard InChI is InChI=1S/C9H19F3O4Si/c1-4-14-17(15-5-2,16-6-3)7-8(13)9(10,11)12/h8,13H,4-7H2,1-3H3. The van der Waals surface area contributed by atoms with E-state index in [9.17, 15) is 13.2 Å². The van der Waals surface area contributed by atoms with Crippen molar-refractivity contribution in [2.75, 3.05) is 19.8 Å². The Hall–Kier alpha value is -0.153. The summed E-state index contributed by atoms with van der Waals surface area (Å²) in [5.41, 5.74) is 0. The van der Waals surface area contributed by atoms with Crippen molar-refractivity contribution in [2.45, 2.75) is 39.1 Å². The van der Waals surface area contributed by atoms with Crippen LogP contribution in [-0.4, -0.2) is 46.0 Å². The molecule has 0 bridgehead atoms. The van der Waals surface area contributed by atoms with Gasteiger partial charge >= 0.3 is 15.0 Å². The topological polar surface area (TPSA) is 47.9 Å². The molecule has 0 aromatic heterocycles. The van der Waals surface area contributed by atoms with Crippen molar-refractivity contribution in [3.8, 4) is 0 Å². The average molecular weight is 276 g/mol. The lowest BCUT2D eigenvalue weighted by Gasteiger charge is -2.30. The summed E-state index contributed by atoms with van der Waals surface area (Å²) in [4.78, 5) is 0. The Labute approximate surface area is 100 Å². The van der Waals surface area contributed by atoms with Gasteiger partial charge in [0.2, 0.25) is 0 Å². The summed E-state index contributed by atoms with van der Waals surface area (Å²) >= 11 is 0. The molecular formula is C9H19F3O4Si. The van der Waals surface area contributed by atoms with Crippen LogP contribution in [0.2, 0.25) is 6.04 Å². The van der Waals surface area contributed by atoms with Gasteiger partial charge in [-0.15, -0.1) is 0 Å². The normalized spacial score (nSPS) is 15.0. The Kier molecular flexibility index (Phi) is 7.25. The van der Waals surface area contributed by atoms with E-state index in [2.05, 4.69) is 0 Å². The number of rotatable bonds is 8. The molecule has 0 amide bonds. The lowest BCUT2D eigenvalue weighted by Crippen LogP contribution is -2.50. The molecule has 0 aromatic carbocycles. The predicted molar refractivity (Wildman–Crippen MR) is 57.5 cm³/mol. The Balaban J connectivity index is 4.75. The third kappa shape index (κ3) is 5.82. The number of aliphatic hydroxyl groups excluding tert-OH is 1. The molecule has 1 N–H and O–H groups in total. The van der Waals surface area contributed by atoms with Crippen LogP contribution >= 0.6 is 0 Å². The minimum Gasteiger partial charge on any atom is -0.384 e. The molecule has 0 aliphatic heterocycles. The molecule has 4 nitrogen and oxygen atoms in total. The maximum absolute atomic E-state index is 12.3. The van der Waals surface area contributed by atoms with E-state index in [0.717, 1.165) is 0 Å². The third-order valence-corrected chi connectivity index (χ3v) is 4.99. The summed E-state index contributed by atoms with van der Waals surface area (Å²) in [6, 6.07) is -0.675. The van der Waals surface area contributed by atoms with E-state index in [4.69, 9.17) is 18.4 Å². The first-order valence-electron chi connectivity index (χ1n) is 5.48. The number of halogens is 3. The van der Waals surface area contributed by atoms with Gasteiger partial charge in [0.1, 0.15) is 0 Å². The molecule has 0 aliphatic carbocycles. The molecule has 0 fully saturated rings. The van der Waals surface area contributed by atoms with Crippen LogP contribution in [0, 0.1) is 0 Å². The molecule has 0 heterocycles. The van der Waals surface area contributed by atoms with E-state index in [-0.39, 0.29) is 19.8 Å². The van der Waals surface area contributed by atoms with Crippen molar-refractivity contribution in [2.24, 2.45) is 0 Å². The highest BCUT2D eigenvalue weighted by Gasteiger charge is 2.50. The molecule has 0 aliphatic rings. The SMILES string of the molecule is CCO[Si](CC(O)C(F)(F)F)(OCC)OCC. The fourth-order valence-electron chi connectivity index (χ4n) is 1.31. The zero-order valence-electron chi connectivity index (χ0n) is 10.2. The van der Waals surface area contributed by atoms with Crippen molar-refractivity contribution >= 4 is 8.80 Å². The van der Waals surface area contributed by atoms with Crippen molar-refractivity contribution in [1.29, 1.82) is 0 Å². The lowest BCUT2D eigenvalue weighted by molar-refractivity contribution is -0.200. The van der Waals surface area contributed by atoms with Gasteiger partial charge in [0, 0.05) is 19.8 Å². The molecule has 0 spiro atoms. The minimum absolute atomic E-state index is 0.177. The number of alkyl halides is 3. The fourth-order valence-corrected chi connectivity index (χ4v) is 3.94. The highest BCUT2D eigenvalue weighted by molar-refractivity contribution is 6.60. The zero-order chi connectivity index (χ0) is 13.5. The Morgan fingerprint density at radius 1 is 1.00 bits per heavy atom. The van der Waals surface area contributed by atoms with Gasteiger partial charge in [-0.3, -0.25) is 0 Å². The van der Waals surface area contributed by atoms with E-state index in [1.165, 1.54) is 0 Å². The van der Waals surface area contributed by atoms with Crippen LogP contribution in [0.15, 0.2) is 0 Å². The van der Waals surface area contributed by atoms with Crippen LogP contribution < -0.4 is 0 Å². The first-order chi connectivity index (χ1) is 7.81. The summed E-state index contributed by atoms with van der Waals surface area (Å²) in [5.74, 6) is 0. The minimum atomic E-state index is -4.69. The van der Waals surface area contributed by atoms with Crippen LogP contribution in [0.25, 0.3) is 0 Å². The van der Waals surface area contributed by atoms with Crippen LogP contribution in [0.3, 0.4) is 0 Å². The van der Waals surface area contributed by atoms with Crippen molar-refractivity contribution in [1.82, 2.24) is 0 Å². The van der Waals surface area contributed by atoms with E-state index in [0.29, 0.717) is 0 Å². The number of hydrogen-bond donors (Lipinski definition) is 1. The average Bonchev–Trinajstić information content (AvgIpc) is 2.17. The van der Waals surface area contributed by atoms with Crippen LogP contribution in [0.4, 0.5) is 13.2 Å². The molecule has 0 radical (unpaired) electrons. The Bertz CT molecular complexity index is 196. The second-order valence-corrected chi connectivity index (χ2v) is 5.88. The number of hydrogen-bond acceptors (Lipinski definition) is 4. The van der Waals surface area contributed by atoms with Crippen LogP contribution in [0.5, 0.6) is 0 Å². The highest BCUT2D eigenvalue weighted by Crippen LogP contribution is 2.28. The zero-order valence-corrected chi connectivity index (χ0v) is 11.2. The molecule has 1 atom stereocenters. The maximum Gasteiger partial charge on any atom is 0.503 e. The van der Waals surface area contributed by atoms with E-state index < -0.39 is 27.1 Å². The fraction of sp³-hybridized carbons (Fsp3) is 1.00. The molecule has 17 heavy (non-hydrogen) atoms. The summed E-state index contributed by atoms with van der Waals surface area (Å²) in [6.07, 6.45) is -7.18. The summed E-state index contributed by atoms with van der Waals surface area (Å²) in [6.45, 7) is 5.45. The maximum atomic E-state index is 12.3. The Morgan fingerprint density at radius 2 is 1.35 bits per heavy atom. The molecule has 8 heteroatoms. The van der Waals surface area contributed by atoms with Gasteiger partial charge in [-0.05, 0) is 20.8 Å². The molecule has 0 saturated heterocycles. The second kappa shape index (κ2) is 7.32.